The zero-order valence-corrected chi connectivity index (χ0v) is 13.7. The van der Waals surface area contributed by atoms with E-state index >= 15 is 0 Å². The van der Waals surface area contributed by atoms with Crippen LogP contribution in [0.25, 0.3) is 0 Å². The molecule has 1 rings (SSSR count). The van der Waals surface area contributed by atoms with E-state index in [1.165, 1.54) is 14.0 Å². The van der Waals surface area contributed by atoms with Gasteiger partial charge in [0.25, 0.3) is 5.69 Å². The molecule has 1 atom stereocenters. The Morgan fingerprint density at radius 1 is 1.62 bits per heavy atom. The number of hydrogen-bond donors (Lipinski definition) is 2. The number of nitrogens with one attached hydrogen (secondary N) is 1. The van der Waals surface area contributed by atoms with Crippen molar-refractivity contribution in [2.45, 2.75) is 23.2 Å². The molecule has 1 unspecified atom stereocenters. The maximum Gasteiger partial charge on any atom is 0.300 e. The highest BCUT2D eigenvalue weighted by Crippen LogP contribution is 2.36. The molecule has 0 aromatic carbocycles. The molecule has 2 N–H and O–H groups in total. The lowest BCUT2D eigenvalue weighted by Crippen LogP contribution is -2.41. The molecule has 0 aliphatic heterocycles. The van der Waals surface area contributed by atoms with Crippen LogP contribution in [0.1, 0.15) is 13.3 Å². The van der Waals surface area contributed by atoms with Crippen molar-refractivity contribution >= 4 is 38.6 Å². The van der Waals surface area contributed by atoms with Crippen LogP contribution in [-0.2, 0) is 14.8 Å². The quantitative estimate of drug-likeness (QED) is 0.535. The third-order valence-electron chi connectivity index (χ3n) is 2.60. The van der Waals surface area contributed by atoms with Crippen molar-refractivity contribution < 1.29 is 23.2 Å². The molecule has 0 fully saturated rings. The van der Waals surface area contributed by atoms with Gasteiger partial charge in [-0.2, -0.15) is 0 Å². The van der Waals surface area contributed by atoms with Gasteiger partial charge in [0.1, 0.15) is 4.21 Å². The first-order chi connectivity index (χ1) is 9.59. The largest absolute Gasteiger partial charge is 0.389 e. The molecule has 120 valence electrons. The van der Waals surface area contributed by atoms with E-state index in [9.17, 15) is 23.6 Å². The van der Waals surface area contributed by atoms with Crippen LogP contribution in [0.4, 0.5) is 5.69 Å². The SMILES string of the molecule is COCCC(C)(O)CNS(=O)(=O)c1cc([N+](=O)[O-])c(Cl)s1. The van der Waals surface area contributed by atoms with E-state index in [0.29, 0.717) is 11.3 Å². The molecule has 21 heavy (non-hydrogen) atoms. The minimum Gasteiger partial charge on any atom is -0.389 e. The van der Waals surface area contributed by atoms with Gasteiger partial charge in [-0.05, 0) is 6.92 Å². The summed E-state index contributed by atoms with van der Waals surface area (Å²) in [6, 6.07) is 0.888. The Hall–Kier alpha value is -0.780. The number of rotatable bonds is 8. The summed E-state index contributed by atoms with van der Waals surface area (Å²) in [6.07, 6.45) is 0.233. The van der Waals surface area contributed by atoms with E-state index in [1.54, 1.807) is 0 Å². The molecular formula is C10H15ClN2O6S2. The summed E-state index contributed by atoms with van der Waals surface area (Å²) >= 11 is 6.21. The maximum absolute atomic E-state index is 12.0. The molecule has 0 radical (unpaired) electrons. The lowest BCUT2D eigenvalue weighted by molar-refractivity contribution is -0.384. The van der Waals surface area contributed by atoms with Gasteiger partial charge in [0.05, 0.1) is 10.5 Å². The van der Waals surface area contributed by atoms with E-state index in [2.05, 4.69) is 4.72 Å². The van der Waals surface area contributed by atoms with Crippen LogP contribution in [0.2, 0.25) is 4.34 Å². The van der Waals surface area contributed by atoms with Gasteiger partial charge in [0, 0.05) is 32.7 Å². The fourth-order valence-corrected chi connectivity index (χ4v) is 4.20. The van der Waals surface area contributed by atoms with Crippen LogP contribution in [0.15, 0.2) is 10.3 Å². The summed E-state index contributed by atoms with van der Waals surface area (Å²) < 4.78 is 30.6. The molecule has 1 aromatic heterocycles. The molecule has 11 heteroatoms. The van der Waals surface area contributed by atoms with Crippen LogP contribution in [0, 0.1) is 10.1 Å². The Morgan fingerprint density at radius 2 is 2.24 bits per heavy atom. The fraction of sp³-hybridized carbons (Fsp3) is 0.600. The summed E-state index contributed by atoms with van der Waals surface area (Å²) in [5.74, 6) is 0. The Kier molecular flexibility index (Phi) is 6.08. The first kappa shape index (κ1) is 18.3. The highest BCUT2D eigenvalue weighted by atomic mass is 35.5. The number of methoxy groups -OCH3 is 1. The fourth-order valence-electron chi connectivity index (χ4n) is 1.33. The second-order valence-electron chi connectivity index (χ2n) is 4.55. The minimum atomic E-state index is -3.97. The summed E-state index contributed by atoms with van der Waals surface area (Å²) in [7, 11) is -2.51. The van der Waals surface area contributed by atoms with E-state index in [0.717, 1.165) is 6.07 Å². The molecule has 0 aliphatic rings. The topological polar surface area (TPSA) is 119 Å². The average molecular weight is 359 g/mol. The Morgan fingerprint density at radius 3 is 2.71 bits per heavy atom. The molecule has 0 aliphatic carbocycles. The number of aliphatic hydroxyl groups is 1. The zero-order chi connectivity index (χ0) is 16.3. The Balaban J connectivity index is 2.83. The van der Waals surface area contributed by atoms with E-state index in [4.69, 9.17) is 16.3 Å². The predicted molar refractivity (Wildman–Crippen MR) is 78.3 cm³/mol. The average Bonchev–Trinajstić information content (AvgIpc) is 2.77. The monoisotopic (exact) mass is 358 g/mol. The smallest absolute Gasteiger partial charge is 0.300 e. The van der Waals surface area contributed by atoms with E-state index in [1.807, 2.05) is 0 Å². The molecule has 0 amide bonds. The van der Waals surface area contributed by atoms with Crippen molar-refractivity contribution in [2.75, 3.05) is 20.3 Å². The lowest BCUT2D eigenvalue weighted by Gasteiger charge is -2.22. The van der Waals surface area contributed by atoms with Gasteiger partial charge in [-0.25, -0.2) is 13.1 Å². The summed E-state index contributed by atoms with van der Waals surface area (Å²) in [6.45, 7) is 1.48. The van der Waals surface area contributed by atoms with Gasteiger partial charge in [0.15, 0.2) is 4.34 Å². The molecule has 1 aromatic rings. The van der Waals surface area contributed by atoms with Gasteiger partial charge < -0.3 is 9.84 Å². The number of halogens is 1. The van der Waals surface area contributed by atoms with E-state index in [-0.39, 0.29) is 28.1 Å². The molecule has 0 saturated heterocycles. The van der Waals surface area contributed by atoms with Crippen molar-refractivity contribution in [3.05, 3.63) is 20.5 Å². The number of nitro groups is 1. The third-order valence-corrected chi connectivity index (χ3v) is 5.81. The van der Waals surface area contributed by atoms with Gasteiger partial charge >= 0.3 is 0 Å². The van der Waals surface area contributed by atoms with Crippen LogP contribution < -0.4 is 4.72 Å². The highest BCUT2D eigenvalue weighted by Gasteiger charge is 2.28. The lowest BCUT2D eigenvalue weighted by atomic mass is 10.0. The first-order valence-corrected chi connectivity index (χ1v) is 8.41. The van der Waals surface area contributed by atoms with Gasteiger partial charge in [-0.1, -0.05) is 11.6 Å². The normalized spacial score (nSPS) is 14.9. The molecular weight excluding hydrogens is 344 g/mol. The first-order valence-electron chi connectivity index (χ1n) is 5.74. The molecule has 0 spiro atoms. The zero-order valence-electron chi connectivity index (χ0n) is 11.3. The van der Waals surface area contributed by atoms with Crippen LogP contribution in [0.5, 0.6) is 0 Å². The number of nitrogens with zero attached hydrogens (tertiary/aromatic N) is 1. The van der Waals surface area contributed by atoms with E-state index < -0.39 is 26.2 Å². The second-order valence-corrected chi connectivity index (χ2v) is 8.19. The van der Waals surface area contributed by atoms with Crippen LogP contribution >= 0.6 is 22.9 Å². The number of hydrogen-bond acceptors (Lipinski definition) is 7. The molecule has 8 nitrogen and oxygen atoms in total. The van der Waals surface area contributed by atoms with Crippen molar-refractivity contribution in [3.63, 3.8) is 0 Å². The summed E-state index contributed by atoms with van der Waals surface area (Å²) in [5.41, 5.74) is -1.76. The van der Waals surface area contributed by atoms with Crippen LogP contribution in [-0.4, -0.2) is 44.3 Å². The van der Waals surface area contributed by atoms with Crippen molar-refractivity contribution in [1.82, 2.24) is 4.72 Å². The summed E-state index contributed by atoms with van der Waals surface area (Å²) in [4.78, 5) is 9.90. The Bertz CT molecular complexity index is 613. The Labute approximate surface area is 130 Å². The molecule has 0 bridgehead atoms. The van der Waals surface area contributed by atoms with Gasteiger partial charge in [-0.15, -0.1) is 11.3 Å². The van der Waals surface area contributed by atoms with Gasteiger partial charge in [0.2, 0.25) is 10.0 Å². The second kappa shape index (κ2) is 6.99. The minimum absolute atomic E-state index is 0.216. The number of sulfonamides is 1. The van der Waals surface area contributed by atoms with Gasteiger partial charge in [-0.3, -0.25) is 10.1 Å². The standard InChI is InChI=1S/C10H15ClN2O6S2/c1-10(14,3-4-19-2)6-12-21(17,18)8-5-7(13(15)16)9(11)20-8/h5,12,14H,3-4,6H2,1-2H3. The van der Waals surface area contributed by atoms with Crippen molar-refractivity contribution in [1.29, 1.82) is 0 Å². The predicted octanol–water partition coefficient (Wildman–Crippen LogP) is 1.38. The number of thiophene rings is 1. The number of ether oxygens (including phenoxy) is 1. The maximum atomic E-state index is 12.0. The third kappa shape index (κ3) is 5.16. The molecule has 1 heterocycles. The van der Waals surface area contributed by atoms with Crippen LogP contribution in [0.3, 0.4) is 0 Å². The molecule has 0 saturated carbocycles. The van der Waals surface area contributed by atoms with Crippen molar-refractivity contribution in [3.8, 4) is 0 Å². The highest BCUT2D eigenvalue weighted by molar-refractivity contribution is 7.91. The summed E-state index contributed by atoms with van der Waals surface area (Å²) in [5, 5.41) is 20.6. The van der Waals surface area contributed by atoms with Crippen molar-refractivity contribution in [2.24, 2.45) is 0 Å².